The first-order valence-corrected chi connectivity index (χ1v) is 8.10. The Hall–Kier alpha value is -1.81. The molecule has 3 atom stereocenters. The number of carbonyl (C=O) groups excluding carboxylic acids is 2. The van der Waals surface area contributed by atoms with Crippen LogP contribution in [0.3, 0.4) is 0 Å². The highest BCUT2D eigenvalue weighted by atomic mass is 35.5. The summed E-state index contributed by atoms with van der Waals surface area (Å²) in [4.78, 5) is 25.4. The van der Waals surface area contributed by atoms with Gasteiger partial charge in [-0.1, -0.05) is 0 Å². The van der Waals surface area contributed by atoms with Crippen LogP contribution in [0.25, 0.3) is 0 Å². The van der Waals surface area contributed by atoms with E-state index >= 15 is 0 Å². The summed E-state index contributed by atoms with van der Waals surface area (Å²) in [6.07, 6.45) is -0.707. The number of aryl methyl sites for hydroxylation is 1. The van der Waals surface area contributed by atoms with Gasteiger partial charge in [-0.3, -0.25) is 14.3 Å². The first-order chi connectivity index (χ1) is 11.7. The summed E-state index contributed by atoms with van der Waals surface area (Å²) in [6.45, 7) is -0.207. The number of alkyl halides is 3. The SMILES string of the molecule is Cl.Cn1cc([C@H]2CNC[C@@H]2C(=O)NC2CCN(CC(F)(F)F)C2=O)cn1. The molecule has 2 saturated heterocycles. The van der Waals surface area contributed by atoms with Crippen LogP contribution in [-0.2, 0) is 16.6 Å². The van der Waals surface area contributed by atoms with Gasteiger partial charge in [-0.05, 0) is 12.0 Å². The van der Waals surface area contributed by atoms with Crippen molar-refractivity contribution < 1.29 is 22.8 Å². The zero-order valence-electron chi connectivity index (χ0n) is 14.1. The Labute approximate surface area is 154 Å². The fraction of sp³-hybridized carbons (Fsp3) is 0.667. The predicted molar refractivity (Wildman–Crippen MR) is 88.7 cm³/mol. The van der Waals surface area contributed by atoms with Crippen molar-refractivity contribution >= 4 is 24.2 Å². The van der Waals surface area contributed by atoms with Gasteiger partial charge in [0.1, 0.15) is 12.6 Å². The summed E-state index contributed by atoms with van der Waals surface area (Å²) in [5.41, 5.74) is 0.920. The zero-order valence-corrected chi connectivity index (χ0v) is 14.9. The zero-order chi connectivity index (χ0) is 18.2. The van der Waals surface area contributed by atoms with Gasteiger partial charge in [-0.2, -0.15) is 18.3 Å². The predicted octanol–water partition coefficient (Wildman–Crippen LogP) is 0.424. The largest absolute Gasteiger partial charge is 0.406 e. The lowest BCUT2D eigenvalue weighted by molar-refractivity contribution is -0.158. The quantitative estimate of drug-likeness (QED) is 0.774. The molecular weight excluding hydrogens is 375 g/mol. The molecule has 2 amide bonds. The topological polar surface area (TPSA) is 79.3 Å². The monoisotopic (exact) mass is 395 g/mol. The van der Waals surface area contributed by atoms with Crippen LogP contribution >= 0.6 is 12.4 Å². The molecule has 1 aromatic heterocycles. The number of likely N-dealkylation sites (tertiary alicyclic amines) is 1. The van der Waals surface area contributed by atoms with Gasteiger partial charge < -0.3 is 15.5 Å². The Bertz CT molecular complexity index is 666. The van der Waals surface area contributed by atoms with E-state index in [0.29, 0.717) is 13.1 Å². The first kappa shape index (κ1) is 20.5. The number of rotatable bonds is 4. The highest BCUT2D eigenvalue weighted by Crippen LogP contribution is 2.28. The number of hydrogen-bond donors (Lipinski definition) is 2. The third-order valence-electron chi connectivity index (χ3n) is 4.69. The minimum Gasteiger partial charge on any atom is -0.344 e. The maximum atomic E-state index is 12.6. The van der Waals surface area contributed by atoms with Crippen molar-refractivity contribution in [2.75, 3.05) is 26.2 Å². The van der Waals surface area contributed by atoms with Crippen LogP contribution in [0, 0.1) is 5.92 Å². The Morgan fingerprint density at radius 3 is 2.77 bits per heavy atom. The van der Waals surface area contributed by atoms with Crippen LogP contribution < -0.4 is 10.6 Å². The molecule has 1 unspecified atom stereocenters. The molecule has 11 heteroatoms. The van der Waals surface area contributed by atoms with Crippen LogP contribution in [0.1, 0.15) is 17.9 Å². The minimum absolute atomic E-state index is 0. The third kappa shape index (κ3) is 4.47. The maximum absolute atomic E-state index is 12.6. The fourth-order valence-electron chi connectivity index (χ4n) is 3.46. The van der Waals surface area contributed by atoms with Crippen molar-refractivity contribution in [3.8, 4) is 0 Å². The average Bonchev–Trinajstić information content (AvgIpc) is 3.21. The molecule has 146 valence electrons. The molecule has 2 N–H and O–H groups in total. The molecule has 1 aromatic rings. The van der Waals surface area contributed by atoms with E-state index in [1.54, 1.807) is 17.9 Å². The smallest absolute Gasteiger partial charge is 0.344 e. The second-order valence-corrected chi connectivity index (χ2v) is 6.54. The van der Waals surface area contributed by atoms with E-state index in [4.69, 9.17) is 0 Å². The molecule has 3 rings (SSSR count). The van der Waals surface area contributed by atoms with Gasteiger partial charge in [0.2, 0.25) is 11.8 Å². The van der Waals surface area contributed by atoms with E-state index in [-0.39, 0.29) is 43.1 Å². The molecule has 7 nitrogen and oxygen atoms in total. The average molecular weight is 396 g/mol. The maximum Gasteiger partial charge on any atom is 0.406 e. The number of halogens is 4. The van der Waals surface area contributed by atoms with Crippen LogP contribution in [-0.4, -0.2) is 64.9 Å². The van der Waals surface area contributed by atoms with Gasteiger partial charge in [0.25, 0.3) is 0 Å². The lowest BCUT2D eigenvalue weighted by atomic mass is 9.90. The summed E-state index contributed by atoms with van der Waals surface area (Å²) < 4.78 is 39.0. The van der Waals surface area contributed by atoms with Gasteiger partial charge in [-0.25, -0.2) is 0 Å². The Balaban J connectivity index is 0.00000243. The summed E-state index contributed by atoms with van der Waals surface area (Å²) >= 11 is 0. The minimum atomic E-state index is -4.44. The molecular formula is C15H21ClF3N5O2. The summed E-state index contributed by atoms with van der Waals surface area (Å²) in [5.74, 6) is -1.44. The lowest BCUT2D eigenvalue weighted by Crippen LogP contribution is -2.46. The van der Waals surface area contributed by atoms with Gasteiger partial charge in [-0.15, -0.1) is 12.4 Å². The van der Waals surface area contributed by atoms with Crippen molar-refractivity contribution in [3.63, 3.8) is 0 Å². The Morgan fingerprint density at radius 2 is 2.15 bits per heavy atom. The van der Waals surface area contributed by atoms with Crippen LogP contribution in [0.5, 0.6) is 0 Å². The van der Waals surface area contributed by atoms with E-state index in [2.05, 4.69) is 15.7 Å². The molecule has 0 bridgehead atoms. The molecule has 0 aliphatic carbocycles. The highest BCUT2D eigenvalue weighted by Gasteiger charge is 2.42. The second-order valence-electron chi connectivity index (χ2n) is 6.54. The van der Waals surface area contributed by atoms with E-state index in [1.807, 2.05) is 6.20 Å². The second kappa shape index (κ2) is 7.83. The molecule has 26 heavy (non-hydrogen) atoms. The van der Waals surface area contributed by atoms with Gasteiger partial charge in [0, 0.05) is 38.8 Å². The Morgan fingerprint density at radius 1 is 1.42 bits per heavy atom. The van der Waals surface area contributed by atoms with Crippen molar-refractivity contribution in [1.82, 2.24) is 25.3 Å². The van der Waals surface area contributed by atoms with E-state index in [1.165, 1.54) is 0 Å². The summed E-state index contributed by atoms with van der Waals surface area (Å²) in [6, 6.07) is -0.884. The molecule has 2 fully saturated rings. The molecule has 2 aliphatic rings. The lowest BCUT2D eigenvalue weighted by Gasteiger charge is -2.21. The van der Waals surface area contributed by atoms with Crippen molar-refractivity contribution in [2.45, 2.75) is 24.6 Å². The molecule has 3 heterocycles. The van der Waals surface area contributed by atoms with Crippen LogP contribution in [0.15, 0.2) is 12.4 Å². The fourth-order valence-corrected chi connectivity index (χ4v) is 3.46. The van der Waals surface area contributed by atoms with Crippen molar-refractivity contribution in [2.24, 2.45) is 13.0 Å². The molecule has 0 aromatic carbocycles. The van der Waals surface area contributed by atoms with E-state index in [9.17, 15) is 22.8 Å². The Kier molecular flexibility index (Phi) is 6.17. The third-order valence-corrected chi connectivity index (χ3v) is 4.69. The molecule has 0 spiro atoms. The summed E-state index contributed by atoms with van der Waals surface area (Å²) in [5, 5.41) is 9.88. The first-order valence-electron chi connectivity index (χ1n) is 8.10. The number of nitrogens with one attached hydrogen (secondary N) is 2. The number of nitrogens with zero attached hydrogens (tertiary/aromatic N) is 3. The van der Waals surface area contributed by atoms with Gasteiger partial charge >= 0.3 is 6.18 Å². The standard InChI is InChI=1S/C15H20F3N5O2.ClH/c1-22-7-9(4-20-22)10-5-19-6-11(10)13(24)21-12-2-3-23(14(12)25)8-15(16,17)18;/h4,7,10-12,19H,2-3,5-6,8H2,1H3,(H,21,24);1H/t10-,11+,12?;/m1./s1. The number of amides is 2. The normalized spacial score (nSPS) is 26.1. The number of aromatic nitrogens is 2. The van der Waals surface area contributed by atoms with E-state index < -0.39 is 24.7 Å². The highest BCUT2D eigenvalue weighted by molar-refractivity contribution is 5.90. The molecule has 0 saturated carbocycles. The summed E-state index contributed by atoms with van der Waals surface area (Å²) in [7, 11) is 1.79. The van der Waals surface area contributed by atoms with Crippen LogP contribution in [0.4, 0.5) is 13.2 Å². The number of carbonyl (C=O) groups is 2. The molecule has 2 aliphatic heterocycles. The van der Waals surface area contributed by atoms with Gasteiger partial charge in [0.15, 0.2) is 0 Å². The van der Waals surface area contributed by atoms with Crippen molar-refractivity contribution in [3.05, 3.63) is 18.0 Å². The van der Waals surface area contributed by atoms with Crippen LogP contribution in [0.2, 0.25) is 0 Å². The van der Waals surface area contributed by atoms with E-state index in [0.717, 1.165) is 10.5 Å². The number of hydrogen-bond acceptors (Lipinski definition) is 4. The molecule has 0 radical (unpaired) electrons. The van der Waals surface area contributed by atoms with Gasteiger partial charge in [0.05, 0.1) is 12.1 Å². The van der Waals surface area contributed by atoms with Crippen molar-refractivity contribution in [1.29, 1.82) is 0 Å².